The lowest BCUT2D eigenvalue weighted by molar-refractivity contribution is -0.141. The van der Waals surface area contributed by atoms with Crippen molar-refractivity contribution in [1.82, 2.24) is 10.2 Å². The zero-order valence-electron chi connectivity index (χ0n) is 13.7. The van der Waals surface area contributed by atoms with Crippen LogP contribution in [0.3, 0.4) is 0 Å². The van der Waals surface area contributed by atoms with Crippen molar-refractivity contribution >= 4 is 18.3 Å². The van der Waals surface area contributed by atoms with Crippen LogP contribution in [0.5, 0.6) is 5.75 Å². The number of rotatable bonds is 5. The van der Waals surface area contributed by atoms with Crippen LogP contribution in [0, 0.1) is 5.41 Å². The summed E-state index contributed by atoms with van der Waals surface area (Å²) >= 11 is 0. The zero-order chi connectivity index (χ0) is 15.3. The monoisotopic (exact) mass is 326 g/mol. The maximum Gasteiger partial charge on any atom is 0.229 e. The molecule has 0 spiro atoms. The quantitative estimate of drug-likeness (QED) is 0.904. The summed E-state index contributed by atoms with van der Waals surface area (Å²) in [5.74, 6) is 1.10. The first-order chi connectivity index (χ1) is 10.0. The van der Waals surface area contributed by atoms with Gasteiger partial charge in [0, 0.05) is 20.1 Å². The number of ether oxygens (including phenoxy) is 1. The van der Waals surface area contributed by atoms with Gasteiger partial charge < -0.3 is 15.0 Å². The Hall–Kier alpha value is -1.26. The maximum absolute atomic E-state index is 12.7. The smallest absolute Gasteiger partial charge is 0.229 e. The van der Waals surface area contributed by atoms with Crippen LogP contribution in [0.15, 0.2) is 24.3 Å². The second-order valence-electron chi connectivity index (χ2n) is 6.08. The van der Waals surface area contributed by atoms with Gasteiger partial charge in [-0.25, -0.2) is 0 Å². The molecular formula is C17H27ClN2O2. The van der Waals surface area contributed by atoms with Crippen molar-refractivity contribution < 1.29 is 9.53 Å². The lowest BCUT2D eigenvalue weighted by Gasteiger charge is -2.36. The van der Waals surface area contributed by atoms with E-state index >= 15 is 0 Å². The van der Waals surface area contributed by atoms with Crippen molar-refractivity contribution in [3.63, 3.8) is 0 Å². The minimum atomic E-state index is -0.266. The summed E-state index contributed by atoms with van der Waals surface area (Å²) in [6.07, 6.45) is 2.03. The highest BCUT2D eigenvalue weighted by Gasteiger charge is 2.36. The third-order valence-electron chi connectivity index (χ3n) is 4.11. The minimum absolute atomic E-state index is 0. The van der Waals surface area contributed by atoms with Crippen molar-refractivity contribution in [2.45, 2.75) is 33.2 Å². The first kappa shape index (κ1) is 18.8. The van der Waals surface area contributed by atoms with E-state index in [4.69, 9.17) is 4.74 Å². The van der Waals surface area contributed by atoms with E-state index in [9.17, 15) is 4.79 Å². The van der Waals surface area contributed by atoms with Crippen LogP contribution in [0.1, 0.15) is 32.3 Å². The van der Waals surface area contributed by atoms with Gasteiger partial charge in [-0.05, 0) is 50.9 Å². The molecule has 0 bridgehead atoms. The van der Waals surface area contributed by atoms with Gasteiger partial charge in [0.25, 0.3) is 0 Å². The molecule has 1 heterocycles. The summed E-state index contributed by atoms with van der Waals surface area (Å²) in [5, 5.41) is 3.33. The SMILES string of the molecule is CCOc1ccc(CN(C)C(=O)C2(C)CCCNC2)cc1.Cl. The second-order valence-corrected chi connectivity index (χ2v) is 6.08. The topological polar surface area (TPSA) is 41.6 Å². The molecule has 1 N–H and O–H groups in total. The Balaban J connectivity index is 0.00000242. The van der Waals surface area contributed by atoms with Crippen LogP contribution in [0.25, 0.3) is 0 Å². The Morgan fingerprint density at radius 1 is 1.36 bits per heavy atom. The van der Waals surface area contributed by atoms with E-state index in [1.807, 2.05) is 43.1 Å². The summed E-state index contributed by atoms with van der Waals surface area (Å²) in [6, 6.07) is 7.97. The number of carbonyl (C=O) groups excluding carboxylic acids is 1. The van der Waals surface area contributed by atoms with E-state index in [-0.39, 0.29) is 23.7 Å². The molecule has 0 saturated carbocycles. The number of nitrogens with zero attached hydrogens (tertiary/aromatic N) is 1. The highest BCUT2D eigenvalue weighted by atomic mass is 35.5. The van der Waals surface area contributed by atoms with Gasteiger partial charge in [-0.15, -0.1) is 12.4 Å². The van der Waals surface area contributed by atoms with Gasteiger partial charge >= 0.3 is 0 Å². The molecule has 1 unspecified atom stereocenters. The summed E-state index contributed by atoms with van der Waals surface area (Å²) in [5.41, 5.74) is 0.861. The molecule has 1 aliphatic rings. The summed E-state index contributed by atoms with van der Waals surface area (Å²) in [6.45, 7) is 7.14. The molecule has 1 atom stereocenters. The predicted molar refractivity (Wildman–Crippen MR) is 91.5 cm³/mol. The van der Waals surface area contributed by atoms with Gasteiger partial charge in [0.2, 0.25) is 5.91 Å². The van der Waals surface area contributed by atoms with Crippen molar-refractivity contribution in [3.05, 3.63) is 29.8 Å². The van der Waals surface area contributed by atoms with Gasteiger partial charge in [-0.3, -0.25) is 4.79 Å². The lowest BCUT2D eigenvalue weighted by atomic mass is 9.81. The minimum Gasteiger partial charge on any atom is -0.494 e. The van der Waals surface area contributed by atoms with Gasteiger partial charge in [-0.1, -0.05) is 12.1 Å². The fourth-order valence-electron chi connectivity index (χ4n) is 2.90. The van der Waals surface area contributed by atoms with E-state index in [1.54, 1.807) is 0 Å². The number of nitrogens with one attached hydrogen (secondary N) is 1. The summed E-state index contributed by atoms with van der Waals surface area (Å²) < 4.78 is 5.44. The predicted octanol–water partition coefficient (Wildman–Crippen LogP) is 2.86. The zero-order valence-corrected chi connectivity index (χ0v) is 14.5. The van der Waals surface area contributed by atoms with Crippen LogP contribution >= 0.6 is 12.4 Å². The van der Waals surface area contributed by atoms with E-state index in [0.29, 0.717) is 13.2 Å². The fourth-order valence-corrected chi connectivity index (χ4v) is 2.90. The number of hydrogen-bond acceptors (Lipinski definition) is 3. The van der Waals surface area contributed by atoms with Crippen molar-refractivity contribution in [3.8, 4) is 5.75 Å². The maximum atomic E-state index is 12.7. The molecule has 4 nitrogen and oxygen atoms in total. The van der Waals surface area contributed by atoms with Crippen LogP contribution in [0.4, 0.5) is 0 Å². The van der Waals surface area contributed by atoms with Gasteiger partial charge in [-0.2, -0.15) is 0 Å². The van der Waals surface area contributed by atoms with Crippen LogP contribution in [-0.4, -0.2) is 37.6 Å². The van der Waals surface area contributed by atoms with E-state index in [0.717, 1.165) is 37.2 Å². The number of benzene rings is 1. The molecular weight excluding hydrogens is 300 g/mol. The van der Waals surface area contributed by atoms with Crippen molar-refractivity contribution in [2.75, 3.05) is 26.7 Å². The first-order valence-corrected chi connectivity index (χ1v) is 7.73. The molecule has 0 radical (unpaired) electrons. The lowest BCUT2D eigenvalue weighted by Crippen LogP contribution is -2.48. The molecule has 1 aromatic carbocycles. The Bertz CT molecular complexity index is 470. The molecule has 124 valence electrons. The Labute approximate surface area is 139 Å². The van der Waals surface area contributed by atoms with Crippen LogP contribution in [0.2, 0.25) is 0 Å². The van der Waals surface area contributed by atoms with Gasteiger partial charge in [0.05, 0.1) is 12.0 Å². The molecule has 1 fully saturated rings. The molecule has 5 heteroatoms. The third kappa shape index (κ3) is 4.62. The molecule has 1 aromatic rings. The average Bonchev–Trinajstić information content (AvgIpc) is 2.49. The van der Waals surface area contributed by atoms with Crippen LogP contribution in [-0.2, 0) is 11.3 Å². The molecule has 0 aromatic heterocycles. The van der Waals surface area contributed by atoms with E-state index < -0.39 is 0 Å². The normalized spacial score (nSPS) is 20.9. The van der Waals surface area contributed by atoms with Crippen LogP contribution < -0.4 is 10.1 Å². The standard InChI is InChI=1S/C17H26N2O2.ClH/c1-4-21-15-8-6-14(7-9-15)12-19(3)16(20)17(2)10-5-11-18-13-17;/h6-9,18H,4-5,10-13H2,1-3H3;1H. The highest BCUT2D eigenvalue weighted by Crippen LogP contribution is 2.28. The number of amides is 1. The molecule has 1 aliphatic heterocycles. The summed E-state index contributed by atoms with van der Waals surface area (Å²) in [4.78, 5) is 14.5. The van der Waals surface area contributed by atoms with Gasteiger partial charge in [0.1, 0.15) is 5.75 Å². The molecule has 2 rings (SSSR count). The Kier molecular flexibility index (Phi) is 7.17. The number of halogens is 1. The van der Waals surface area contributed by atoms with Crippen molar-refractivity contribution in [2.24, 2.45) is 5.41 Å². The Morgan fingerprint density at radius 2 is 2.05 bits per heavy atom. The Morgan fingerprint density at radius 3 is 2.59 bits per heavy atom. The number of carbonyl (C=O) groups is 1. The van der Waals surface area contributed by atoms with E-state index in [2.05, 4.69) is 12.2 Å². The van der Waals surface area contributed by atoms with Gasteiger partial charge in [0.15, 0.2) is 0 Å². The first-order valence-electron chi connectivity index (χ1n) is 7.73. The molecule has 1 amide bonds. The molecule has 0 aliphatic carbocycles. The van der Waals surface area contributed by atoms with Crippen molar-refractivity contribution in [1.29, 1.82) is 0 Å². The average molecular weight is 327 g/mol. The number of hydrogen-bond donors (Lipinski definition) is 1. The second kappa shape index (κ2) is 8.39. The molecule has 22 heavy (non-hydrogen) atoms. The van der Waals surface area contributed by atoms with E-state index in [1.165, 1.54) is 0 Å². The number of piperidine rings is 1. The fraction of sp³-hybridized carbons (Fsp3) is 0.588. The third-order valence-corrected chi connectivity index (χ3v) is 4.11. The summed E-state index contributed by atoms with van der Waals surface area (Å²) in [7, 11) is 1.89. The highest BCUT2D eigenvalue weighted by molar-refractivity contribution is 5.85. The largest absolute Gasteiger partial charge is 0.494 e. The molecule has 1 saturated heterocycles.